The van der Waals surface area contributed by atoms with Gasteiger partial charge in [-0.3, -0.25) is 4.79 Å². The maximum atomic E-state index is 11.6. The number of H-pyrrole nitrogens is 1. The Bertz CT molecular complexity index is 570. The molecule has 1 fully saturated rings. The van der Waals surface area contributed by atoms with Crippen LogP contribution in [0.3, 0.4) is 0 Å². The minimum atomic E-state index is -0.127. The lowest BCUT2D eigenvalue weighted by Gasteiger charge is -2.09. The van der Waals surface area contributed by atoms with Crippen molar-refractivity contribution in [3.8, 4) is 0 Å². The van der Waals surface area contributed by atoms with Gasteiger partial charge in [-0.05, 0) is 12.5 Å². The van der Waals surface area contributed by atoms with Crippen molar-refractivity contribution in [1.29, 1.82) is 0 Å². The average molecular weight is 216 g/mol. The Hall–Kier alpha value is -1.68. The van der Waals surface area contributed by atoms with Gasteiger partial charge >= 0.3 is 0 Å². The first-order valence-electron chi connectivity index (χ1n) is 5.41. The molecule has 2 heterocycles. The Morgan fingerprint density at radius 1 is 1.31 bits per heavy atom. The van der Waals surface area contributed by atoms with Crippen molar-refractivity contribution in [2.45, 2.75) is 12.3 Å². The normalized spacial score (nSPS) is 20.4. The maximum absolute atomic E-state index is 11.6. The molecule has 1 saturated heterocycles. The summed E-state index contributed by atoms with van der Waals surface area (Å²) in [6, 6.07) is 7.58. The summed E-state index contributed by atoms with van der Waals surface area (Å²) >= 11 is 0. The van der Waals surface area contributed by atoms with Crippen molar-refractivity contribution in [2.75, 3.05) is 13.2 Å². The minimum absolute atomic E-state index is 0.127. The molecular weight excluding hydrogens is 204 g/mol. The molecule has 1 unspecified atom stereocenters. The fourth-order valence-electron chi connectivity index (χ4n) is 2.20. The van der Waals surface area contributed by atoms with Gasteiger partial charge in [0.05, 0.1) is 17.7 Å². The molecule has 3 rings (SSSR count). The Kier molecular flexibility index (Phi) is 2.22. The second kappa shape index (κ2) is 3.72. The second-order valence-electron chi connectivity index (χ2n) is 4.04. The molecule has 0 aliphatic carbocycles. The van der Waals surface area contributed by atoms with Crippen LogP contribution in [0, 0.1) is 0 Å². The molecule has 1 aliphatic heterocycles. The zero-order chi connectivity index (χ0) is 11.0. The molecular formula is C12H12N2O2. The van der Waals surface area contributed by atoms with Crippen LogP contribution in [0.5, 0.6) is 0 Å². The molecule has 0 bridgehead atoms. The summed E-state index contributed by atoms with van der Waals surface area (Å²) in [5, 5.41) is 8.38. The van der Waals surface area contributed by atoms with Crippen molar-refractivity contribution in [3.63, 3.8) is 0 Å². The predicted molar refractivity (Wildman–Crippen MR) is 60.5 cm³/mol. The lowest BCUT2D eigenvalue weighted by atomic mass is 9.99. The Morgan fingerprint density at radius 2 is 2.12 bits per heavy atom. The lowest BCUT2D eigenvalue weighted by molar-refractivity contribution is 0.193. The van der Waals surface area contributed by atoms with Gasteiger partial charge in [0.25, 0.3) is 5.56 Å². The van der Waals surface area contributed by atoms with E-state index in [0.717, 1.165) is 24.1 Å². The van der Waals surface area contributed by atoms with E-state index in [1.54, 1.807) is 0 Å². The fraction of sp³-hybridized carbons (Fsp3) is 0.333. The van der Waals surface area contributed by atoms with E-state index in [0.29, 0.717) is 17.9 Å². The number of fused-ring (bicyclic) bond motifs is 1. The number of hydrogen-bond donors (Lipinski definition) is 1. The van der Waals surface area contributed by atoms with E-state index >= 15 is 0 Å². The summed E-state index contributed by atoms with van der Waals surface area (Å²) in [4.78, 5) is 11.6. The SMILES string of the molecule is O=c1[nH]nc(C2CCOC2)c2ccccc12. The predicted octanol–water partition coefficient (Wildman–Crippen LogP) is 1.43. The zero-order valence-electron chi connectivity index (χ0n) is 8.77. The molecule has 0 amide bonds. The molecule has 82 valence electrons. The summed E-state index contributed by atoms with van der Waals surface area (Å²) in [5.74, 6) is 0.307. The standard InChI is InChI=1S/C12H12N2O2/c15-12-10-4-2-1-3-9(10)11(13-14-12)8-5-6-16-7-8/h1-4,8H,5-7H2,(H,14,15). The number of nitrogens with one attached hydrogen (secondary N) is 1. The van der Waals surface area contributed by atoms with E-state index in [1.165, 1.54) is 0 Å². The number of benzene rings is 1. The number of aromatic nitrogens is 2. The summed E-state index contributed by atoms with van der Waals surface area (Å²) in [6.45, 7) is 1.48. The summed E-state index contributed by atoms with van der Waals surface area (Å²) in [6.07, 6.45) is 0.975. The lowest BCUT2D eigenvalue weighted by Crippen LogP contribution is -2.13. The van der Waals surface area contributed by atoms with Gasteiger partial charge in [0.1, 0.15) is 0 Å². The number of rotatable bonds is 1. The number of hydrogen-bond acceptors (Lipinski definition) is 3. The Morgan fingerprint density at radius 3 is 2.88 bits per heavy atom. The first-order valence-corrected chi connectivity index (χ1v) is 5.41. The van der Waals surface area contributed by atoms with Crippen molar-refractivity contribution < 1.29 is 4.74 Å². The molecule has 2 aromatic rings. The van der Waals surface area contributed by atoms with Gasteiger partial charge in [-0.2, -0.15) is 5.10 Å². The van der Waals surface area contributed by atoms with Crippen LogP contribution >= 0.6 is 0 Å². The van der Waals surface area contributed by atoms with E-state index < -0.39 is 0 Å². The molecule has 0 radical (unpaired) electrons. The molecule has 0 spiro atoms. The maximum Gasteiger partial charge on any atom is 0.272 e. The number of nitrogens with zero attached hydrogens (tertiary/aromatic N) is 1. The van der Waals surface area contributed by atoms with Crippen LogP contribution in [-0.4, -0.2) is 23.4 Å². The Balaban J connectivity index is 2.25. The van der Waals surface area contributed by atoms with Gasteiger partial charge in [-0.1, -0.05) is 18.2 Å². The molecule has 4 nitrogen and oxygen atoms in total. The first kappa shape index (κ1) is 9.54. The van der Waals surface area contributed by atoms with Gasteiger partial charge in [0.2, 0.25) is 0 Å². The largest absolute Gasteiger partial charge is 0.381 e. The van der Waals surface area contributed by atoms with Gasteiger partial charge in [0.15, 0.2) is 0 Å². The van der Waals surface area contributed by atoms with Crippen LogP contribution in [0.15, 0.2) is 29.1 Å². The molecule has 16 heavy (non-hydrogen) atoms. The van der Waals surface area contributed by atoms with Gasteiger partial charge < -0.3 is 4.74 Å². The van der Waals surface area contributed by atoms with Crippen molar-refractivity contribution in [3.05, 3.63) is 40.3 Å². The van der Waals surface area contributed by atoms with Crippen LogP contribution in [0.2, 0.25) is 0 Å². The van der Waals surface area contributed by atoms with Gasteiger partial charge in [-0.25, -0.2) is 5.10 Å². The van der Waals surface area contributed by atoms with Crippen molar-refractivity contribution >= 4 is 10.8 Å². The second-order valence-corrected chi connectivity index (χ2v) is 4.04. The molecule has 0 saturated carbocycles. The third-order valence-corrected chi connectivity index (χ3v) is 3.04. The van der Waals surface area contributed by atoms with Crippen LogP contribution in [0.4, 0.5) is 0 Å². The topological polar surface area (TPSA) is 55.0 Å². The minimum Gasteiger partial charge on any atom is -0.381 e. The molecule has 1 aliphatic rings. The number of aromatic amines is 1. The first-order chi connectivity index (χ1) is 7.86. The molecule has 1 aromatic carbocycles. The van der Waals surface area contributed by atoms with E-state index in [1.807, 2.05) is 24.3 Å². The van der Waals surface area contributed by atoms with E-state index in [-0.39, 0.29) is 5.56 Å². The highest BCUT2D eigenvalue weighted by atomic mass is 16.5. The monoisotopic (exact) mass is 216 g/mol. The molecule has 1 aromatic heterocycles. The molecule has 1 N–H and O–H groups in total. The highest BCUT2D eigenvalue weighted by Gasteiger charge is 2.21. The van der Waals surface area contributed by atoms with Crippen LogP contribution in [0.1, 0.15) is 18.0 Å². The van der Waals surface area contributed by atoms with E-state index in [2.05, 4.69) is 10.2 Å². The fourth-order valence-corrected chi connectivity index (χ4v) is 2.20. The third-order valence-electron chi connectivity index (χ3n) is 3.04. The van der Waals surface area contributed by atoms with E-state index in [9.17, 15) is 4.79 Å². The number of ether oxygens (including phenoxy) is 1. The van der Waals surface area contributed by atoms with Crippen LogP contribution in [0.25, 0.3) is 10.8 Å². The Labute approximate surface area is 92.2 Å². The molecule has 4 heteroatoms. The van der Waals surface area contributed by atoms with E-state index in [4.69, 9.17) is 4.74 Å². The van der Waals surface area contributed by atoms with Crippen LogP contribution < -0.4 is 5.56 Å². The highest BCUT2D eigenvalue weighted by molar-refractivity contribution is 5.83. The smallest absolute Gasteiger partial charge is 0.272 e. The van der Waals surface area contributed by atoms with Gasteiger partial charge in [-0.15, -0.1) is 0 Å². The average Bonchev–Trinajstić information content (AvgIpc) is 2.83. The summed E-state index contributed by atoms with van der Waals surface area (Å²) in [7, 11) is 0. The highest BCUT2D eigenvalue weighted by Crippen LogP contribution is 2.27. The quantitative estimate of drug-likeness (QED) is 0.784. The summed E-state index contributed by atoms with van der Waals surface area (Å²) < 4.78 is 5.36. The third kappa shape index (κ3) is 1.42. The molecule has 1 atom stereocenters. The van der Waals surface area contributed by atoms with Crippen molar-refractivity contribution in [2.24, 2.45) is 0 Å². The van der Waals surface area contributed by atoms with Gasteiger partial charge in [0, 0.05) is 17.9 Å². The zero-order valence-corrected chi connectivity index (χ0v) is 8.77. The van der Waals surface area contributed by atoms with Crippen LogP contribution in [-0.2, 0) is 4.74 Å². The van der Waals surface area contributed by atoms with Crippen molar-refractivity contribution in [1.82, 2.24) is 10.2 Å². The summed E-state index contributed by atoms with van der Waals surface area (Å²) in [5.41, 5.74) is 0.825.